The minimum absolute atomic E-state index is 0.0546. The number of nitrogens with zero attached hydrogens (tertiary/aromatic N) is 2. The van der Waals surface area contributed by atoms with E-state index in [2.05, 4.69) is 0 Å². The van der Waals surface area contributed by atoms with Crippen molar-refractivity contribution in [2.75, 3.05) is 32.3 Å². The minimum Gasteiger partial charge on any atom is -0.497 e. The van der Waals surface area contributed by atoms with Crippen LogP contribution in [-0.2, 0) is 9.53 Å². The molecule has 0 N–H and O–H groups in total. The van der Waals surface area contributed by atoms with E-state index in [1.807, 2.05) is 30.5 Å². The van der Waals surface area contributed by atoms with E-state index >= 15 is 0 Å². The number of methoxy groups -OCH3 is 2. The highest BCUT2D eigenvalue weighted by molar-refractivity contribution is 7.14. The van der Waals surface area contributed by atoms with Gasteiger partial charge in [-0.15, -0.1) is 11.3 Å². The molecule has 0 bridgehead atoms. The summed E-state index contributed by atoms with van der Waals surface area (Å²) in [7, 11) is 3.25. The molecule has 0 saturated carbocycles. The molecule has 0 radical (unpaired) electrons. The average molecular weight is 376 g/mol. The lowest BCUT2D eigenvalue weighted by Gasteiger charge is -2.22. The van der Waals surface area contributed by atoms with Crippen molar-refractivity contribution in [2.24, 2.45) is 0 Å². The summed E-state index contributed by atoms with van der Waals surface area (Å²) in [5, 5.41) is 2.63. The van der Waals surface area contributed by atoms with Gasteiger partial charge < -0.3 is 14.2 Å². The molecule has 1 amide bonds. The van der Waals surface area contributed by atoms with Crippen molar-refractivity contribution in [3.63, 3.8) is 0 Å². The number of carbonyl (C=O) groups is 1. The summed E-state index contributed by atoms with van der Waals surface area (Å²) in [5.41, 5.74) is 1.61. The molecule has 0 aliphatic carbocycles. The Morgan fingerprint density at radius 3 is 2.88 bits per heavy atom. The smallest absolute Gasteiger partial charge is 0.228 e. The normalized spacial score (nSPS) is 16.5. The zero-order valence-electron chi connectivity index (χ0n) is 15.4. The standard InChI is InChI=1S/C19H24N2O4S/c1-4-18(22)21(11-14-6-5-9-25-14)19-20-16(12-26-19)15-10-13(23-2)7-8-17(15)24-3/h7-8,10,12,14H,4-6,9,11H2,1-3H3. The van der Waals surface area contributed by atoms with Crippen LogP contribution in [0.2, 0.25) is 0 Å². The number of hydrogen-bond donors (Lipinski definition) is 0. The van der Waals surface area contributed by atoms with Crippen molar-refractivity contribution >= 4 is 22.4 Å². The predicted molar refractivity (Wildman–Crippen MR) is 102 cm³/mol. The van der Waals surface area contributed by atoms with Gasteiger partial charge in [-0.1, -0.05) is 6.92 Å². The SMILES string of the molecule is CCC(=O)N(CC1CCCO1)c1nc(-c2cc(OC)ccc2OC)cs1. The quantitative estimate of drug-likeness (QED) is 0.736. The molecule has 7 heteroatoms. The summed E-state index contributed by atoms with van der Waals surface area (Å²) in [6.45, 7) is 3.18. The van der Waals surface area contributed by atoms with Gasteiger partial charge in [0, 0.05) is 24.0 Å². The van der Waals surface area contributed by atoms with E-state index in [0.717, 1.165) is 42.2 Å². The van der Waals surface area contributed by atoms with Crippen LogP contribution in [0.25, 0.3) is 11.3 Å². The van der Waals surface area contributed by atoms with Gasteiger partial charge in [-0.25, -0.2) is 4.98 Å². The average Bonchev–Trinajstić information content (AvgIpc) is 3.36. The molecule has 6 nitrogen and oxygen atoms in total. The Morgan fingerprint density at radius 1 is 1.38 bits per heavy atom. The number of anilines is 1. The fourth-order valence-corrected chi connectivity index (χ4v) is 3.85. The zero-order chi connectivity index (χ0) is 18.5. The fraction of sp³-hybridized carbons (Fsp3) is 0.474. The number of ether oxygens (including phenoxy) is 3. The summed E-state index contributed by atoms with van der Waals surface area (Å²) >= 11 is 1.45. The molecule has 3 rings (SSSR count). The summed E-state index contributed by atoms with van der Waals surface area (Å²) in [6, 6.07) is 5.60. The van der Waals surface area contributed by atoms with Crippen LogP contribution in [-0.4, -0.2) is 44.4 Å². The van der Waals surface area contributed by atoms with Gasteiger partial charge in [0.1, 0.15) is 11.5 Å². The summed E-state index contributed by atoms with van der Waals surface area (Å²) in [5.74, 6) is 1.50. The molecule has 1 aliphatic heterocycles. The van der Waals surface area contributed by atoms with Crippen LogP contribution >= 0.6 is 11.3 Å². The molecule has 1 fully saturated rings. The lowest BCUT2D eigenvalue weighted by atomic mass is 10.1. The van der Waals surface area contributed by atoms with E-state index in [1.54, 1.807) is 19.1 Å². The van der Waals surface area contributed by atoms with Crippen LogP contribution in [0.3, 0.4) is 0 Å². The first-order chi connectivity index (χ1) is 12.7. The number of amides is 1. The maximum atomic E-state index is 12.5. The molecule has 1 unspecified atom stereocenters. The van der Waals surface area contributed by atoms with Crippen molar-refractivity contribution in [3.05, 3.63) is 23.6 Å². The molecule has 1 saturated heterocycles. The number of benzene rings is 1. The number of thiazole rings is 1. The first-order valence-electron chi connectivity index (χ1n) is 8.76. The topological polar surface area (TPSA) is 60.9 Å². The van der Waals surface area contributed by atoms with Gasteiger partial charge >= 0.3 is 0 Å². The van der Waals surface area contributed by atoms with Crippen LogP contribution in [0.15, 0.2) is 23.6 Å². The number of carbonyl (C=O) groups excluding carboxylic acids is 1. The van der Waals surface area contributed by atoms with Gasteiger partial charge in [0.25, 0.3) is 0 Å². The Hall–Kier alpha value is -2.12. The molecule has 1 aromatic heterocycles. The third-order valence-electron chi connectivity index (χ3n) is 4.42. The second-order valence-corrected chi connectivity index (χ2v) is 6.91. The number of hydrogen-bond acceptors (Lipinski definition) is 6. The Balaban J connectivity index is 1.90. The third-order valence-corrected chi connectivity index (χ3v) is 5.28. The molecular weight excluding hydrogens is 352 g/mol. The van der Waals surface area contributed by atoms with Crippen LogP contribution in [0.4, 0.5) is 5.13 Å². The van der Waals surface area contributed by atoms with Crippen molar-refractivity contribution in [1.82, 2.24) is 4.98 Å². The van der Waals surface area contributed by atoms with Crippen LogP contribution < -0.4 is 14.4 Å². The van der Waals surface area contributed by atoms with Gasteiger partial charge in [-0.2, -0.15) is 0 Å². The van der Waals surface area contributed by atoms with Gasteiger partial charge in [0.15, 0.2) is 5.13 Å². The predicted octanol–water partition coefficient (Wildman–Crippen LogP) is 3.75. The Bertz CT molecular complexity index is 756. The highest BCUT2D eigenvalue weighted by Crippen LogP contribution is 2.36. The van der Waals surface area contributed by atoms with Crippen molar-refractivity contribution in [3.8, 4) is 22.8 Å². The Morgan fingerprint density at radius 2 is 2.23 bits per heavy atom. The van der Waals surface area contributed by atoms with Crippen molar-refractivity contribution < 1.29 is 19.0 Å². The summed E-state index contributed by atoms with van der Waals surface area (Å²) in [6.07, 6.45) is 2.55. The molecular formula is C19H24N2O4S. The van der Waals surface area contributed by atoms with Crippen molar-refractivity contribution in [2.45, 2.75) is 32.3 Å². The first-order valence-corrected chi connectivity index (χ1v) is 9.64. The highest BCUT2D eigenvalue weighted by atomic mass is 32.1. The molecule has 1 aliphatic rings. The van der Waals surface area contributed by atoms with E-state index in [-0.39, 0.29) is 12.0 Å². The fourth-order valence-electron chi connectivity index (χ4n) is 3.00. The zero-order valence-corrected chi connectivity index (χ0v) is 16.2. The van der Waals surface area contributed by atoms with Crippen LogP contribution in [0, 0.1) is 0 Å². The van der Waals surface area contributed by atoms with E-state index in [1.165, 1.54) is 11.3 Å². The number of aromatic nitrogens is 1. The summed E-state index contributed by atoms with van der Waals surface area (Å²) in [4.78, 5) is 18.9. The molecule has 2 aromatic rings. The largest absolute Gasteiger partial charge is 0.497 e. The van der Waals surface area contributed by atoms with Gasteiger partial charge in [-0.3, -0.25) is 9.69 Å². The molecule has 140 valence electrons. The van der Waals surface area contributed by atoms with Gasteiger partial charge in [-0.05, 0) is 31.0 Å². The highest BCUT2D eigenvalue weighted by Gasteiger charge is 2.25. The molecule has 26 heavy (non-hydrogen) atoms. The molecule has 0 spiro atoms. The maximum Gasteiger partial charge on any atom is 0.228 e. The van der Waals surface area contributed by atoms with E-state index in [9.17, 15) is 4.79 Å². The second-order valence-electron chi connectivity index (χ2n) is 6.07. The Labute approximate surface area is 157 Å². The van der Waals surface area contributed by atoms with Gasteiger partial charge in [0.05, 0.1) is 32.6 Å². The lowest BCUT2D eigenvalue weighted by Crippen LogP contribution is -2.37. The van der Waals surface area contributed by atoms with Crippen molar-refractivity contribution in [1.29, 1.82) is 0 Å². The van der Waals surface area contributed by atoms with E-state index in [0.29, 0.717) is 18.1 Å². The van der Waals surface area contributed by atoms with Crippen LogP contribution in [0.1, 0.15) is 26.2 Å². The molecule has 1 atom stereocenters. The van der Waals surface area contributed by atoms with Gasteiger partial charge in [0.2, 0.25) is 5.91 Å². The van der Waals surface area contributed by atoms with Crippen LogP contribution in [0.5, 0.6) is 11.5 Å². The van der Waals surface area contributed by atoms with E-state index < -0.39 is 0 Å². The minimum atomic E-state index is 0.0546. The number of rotatable bonds is 7. The third kappa shape index (κ3) is 3.99. The monoisotopic (exact) mass is 376 g/mol. The first kappa shape index (κ1) is 18.7. The maximum absolute atomic E-state index is 12.5. The molecule has 1 aromatic carbocycles. The molecule has 2 heterocycles. The summed E-state index contributed by atoms with van der Waals surface area (Å²) < 4.78 is 16.5. The lowest BCUT2D eigenvalue weighted by molar-refractivity contribution is -0.118. The van der Waals surface area contributed by atoms with E-state index in [4.69, 9.17) is 19.2 Å². The Kier molecular flexibility index (Phi) is 6.11. The second kappa shape index (κ2) is 8.51.